The number of anilines is 2. The van der Waals surface area contributed by atoms with Crippen LogP contribution in [-0.2, 0) is 6.42 Å². The van der Waals surface area contributed by atoms with Gasteiger partial charge in [-0.25, -0.2) is 14.5 Å². The molecule has 1 aliphatic heterocycles. The van der Waals surface area contributed by atoms with Crippen LogP contribution in [0.15, 0.2) is 18.5 Å². The van der Waals surface area contributed by atoms with Crippen molar-refractivity contribution in [1.82, 2.24) is 24.6 Å². The molecule has 0 bridgehead atoms. The Morgan fingerprint density at radius 3 is 2.70 bits per heavy atom. The number of nitrogens with two attached hydrogens (primary N) is 1. The average molecular weight is 410 g/mol. The van der Waals surface area contributed by atoms with E-state index >= 15 is 0 Å². The molecule has 0 aromatic carbocycles. The van der Waals surface area contributed by atoms with Gasteiger partial charge in [0.25, 0.3) is 0 Å². The summed E-state index contributed by atoms with van der Waals surface area (Å²) in [5.74, 6) is 1.42. The molecule has 30 heavy (non-hydrogen) atoms. The van der Waals surface area contributed by atoms with E-state index in [9.17, 15) is 0 Å². The van der Waals surface area contributed by atoms with Crippen LogP contribution < -0.4 is 15.4 Å². The SMILES string of the molecule is CCC[C@@H](C)Oc1nc(N)c2ncc(Cc3cnc(N4CCCCC4)c(C)c3)n2n1. The zero-order chi connectivity index (χ0) is 21.1. The van der Waals surface area contributed by atoms with E-state index in [1.807, 2.05) is 13.1 Å². The van der Waals surface area contributed by atoms with E-state index in [0.29, 0.717) is 17.9 Å². The van der Waals surface area contributed by atoms with E-state index in [-0.39, 0.29) is 12.1 Å². The van der Waals surface area contributed by atoms with Crippen molar-refractivity contribution in [3.63, 3.8) is 0 Å². The monoisotopic (exact) mass is 409 g/mol. The standard InChI is InChI=1S/C22H31N7O/c1-4-8-16(3)30-22-26-19(23)21-25-14-18(29(21)27-22)12-17-11-15(2)20(24-13-17)28-9-6-5-7-10-28/h11,13-14,16H,4-10,12H2,1-3H3,(H2,23,26,27)/t16-/m1/s1. The summed E-state index contributed by atoms with van der Waals surface area (Å²) in [5.41, 5.74) is 9.91. The van der Waals surface area contributed by atoms with Gasteiger partial charge in [0.05, 0.1) is 18.0 Å². The van der Waals surface area contributed by atoms with E-state index < -0.39 is 0 Å². The Hall–Kier alpha value is -2.90. The third-order valence-electron chi connectivity index (χ3n) is 5.59. The molecule has 4 heterocycles. The highest BCUT2D eigenvalue weighted by Crippen LogP contribution is 2.24. The van der Waals surface area contributed by atoms with Crippen molar-refractivity contribution in [3.8, 4) is 6.01 Å². The molecule has 1 atom stereocenters. The van der Waals surface area contributed by atoms with Crippen LogP contribution in [-0.4, -0.2) is 43.8 Å². The van der Waals surface area contributed by atoms with E-state index in [1.165, 1.54) is 24.8 Å². The molecule has 0 aliphatic carbocycles. The fraction of sp³-hybridized carbons (Fsp3) is 0.545. The van der Waals surface area contributed by atoms with Gasteiger partial charge in [-0.2, -0.15) is 4.98 Å². The summed E-state index contributed by atoms with van der Waals surface area (Å²) in [6, 6.07) is 2.50. The molecule has 1 aliphatic rings. The first kappa shape index (κ1) is 20.4. The number of hydrogen-bond donors (Lipinski definition) is 1. The number of ether oxygens (including phenoxy) is 1. The molecule has 3 aromatic rings. The van der Waals surface area contributed by atoms with Gasteiger partial charge in [0.15, 0.2) is 11.5 Å². The summed E-state index contributed by atoms with van der Waals surface area (Å²) < 4.78 is 7.59. The predicted molar refractivity (Wildman–Crippen MR) is 118 cm³/mol. The number of nitrogens with zero attached hydrogens (tertiary/aromatic N) is 6. The summed E-state index contributed by atoms with van der Waals surface area (Å²) in [6.07, 6.45) is 10.2. The fourth-order valence-electron chi connectivity index (χ4n) is 4.11. The van der Waals surface area contributed by atoms with E-state index in [2.05, 4.69) is 39.9 Å². The highest BCUT2D eigenvalue weighted by atomic mass is 16.5. The van der Waals surface area contributed by atoms with Gasteiger partial charge < -0.3 is 15.4 Å². The molecule has 2 N–H and O–H groups in total. The van der Waals surface area contributed by atoms with Crippen LogP contribution in [0.3, 0.4) is 0 Å². The number of pyridine rings is 1. The number of piperidine rings is 1. The maximum Gasteiger partial charge on any atom is 0.336 e. The van der Waals surface area contributed by atoms with Gasteiger partial charge in [-0.05, 0) is 50.7 Å². The second-order valence-corrected chi connectivity index (χ2v) is 8.19. The summed E-state index contributed by atoms with van der Waals surface area (Å²) in [4.78, 5) is 15.8. The van der Waals surface area contributed by atoms with Crippen molar-refractivity contribution in [2.45, 2.75) is 65.4 Å². The van der Waals surface area contributed by atoms with Gasteiger partial charge in [-0.1, -0.05) is 19.4 Å². The molecule has 0 unspecified atom stereocenters. The maximum absolute atomic E-state index is 6.11. The lowest BCUT2D eigenvalue weighted by molar-refractivity contribution is 0.189. The van der Waals surface area contributed by atoms with E-state index in [1.54, 1.807) is 10.7 Å². The number of fused-ring (bicyclic) bond motifs is 1. The van der Waals surface area contributed by atoms with Crippen LogP contribution >= 0.6 is 0 Å². The minimum absolute atomic E-state index is 0.0352. The predicted octanol–water partition coefficient (Wildman–Crippen LogP) is 3.56. The van der Waals surface area contributed by atoms with Crippen LogP contribution in [0.4, 0.5) is 11.6 Å². The lowest BCUT2D eigenvalue weighted by Gasteiger charge is -2.29. The van der Waals surface area contributed by atoms with Crippen LogP contribution in [0.5, 0.6) is 6.01 Å². The van der Waals surface area contributed by atoms with Crippen molar-refractivity contribution < 1.29 is 4.74 Å². The van der Waals surface area contributed by atoms with E-state index in [0.717, 1.165) is 43.0 Å². The first-order valence-electron chi connectivity index (χ1n) is 10.9. The van der Waals surface area contributed by atoms with Crippen molar-refractivity contribution in [2.24, 2.45) is 0 Å². The zero-order valence-electron chi connectivity index (χ0n) is 18.1. The highest BCUT2D eigenvalue weighted by molar-refractivity contribution is 5.60. The molecule has 3 aromatic heterocycles. The summed E-state index contributed by atoms with van der Waals surface area (Å²) in [5, 5.41) is 4.54. The quantitative estimate of drug-likeness (QED) is 0.637. The van der Waals surface area contributed by atoms with E-state index in [4.69, 9.17) is 15.5 Å². The van der Waals surface area contributed by atoms with Gasteiger partial charge in [0.2, 0.25) is 0 Å². The normalized spacial score (nSPS) is 15.5. The van der Waals surface area contributed by atoms with Crippen molar-refractivity contribution in [1.29, 1.82) is 0 Å². The molecule has 1 fully saturated rings. The van der Waals surface area contributed by atoms with Crippen LogP contribution in [0.1, 0.15) is 62.8 Å². The van der Waals surface area contributed by atoms with Crippen molar-refractivity contribution in [3.05, 3.63) is 35.3 Å². The molecule has 160 valence electrons. The Kier molecular flexibility index (Phi) is 6.01. The van der Waals surface area contributed by atoms with Gasteiger partial charge in [-0.3, -0.25) is 0 Å². The molecule has 0 amide bonds. The minimum atomic E-state index is 0.0352. The molecule has 0 spiro atoms. The minimum Gasteiger partial charge on any atom is -0.459 e. The second kappa shape index (κ2) is 8.85. The molecule has 1 saturated heterocycles. The lowest BCUT2D eigenvalue weighted by atomic mass is 10.1. The molecule has 0 radical (unpaired) electrons. The molecule has 0 saturated carbocycles. The largest absolute Gasteiger partial charge is 0.459 e. The zero-order valence-corrected chi connectivity index (χ0v) is 18.1. The van der Waals surface area contributed by atoms with Gasteiger partial charge >= 0.3 is 6.01 Å². The van der Waals surface area contributed by atoms with Crippen LogP contribution in [0.25, 0.3) is 5.65 Å². The van der Waals surface area contributed by atoms with Gasteiger partial charge in [0, 0.05) is 25.7 Å². The van der Waals surface area contributed by atoms with Gasteiger partial charge in [0.1, 0.15) is 5.82 Å². The lowest BCUT2D eigenvalue weighted by Crippen LogP contribution is -2.30. The Morgan fingerprint density at radius 1 is 1.17 bits per heavy atom. The Balaban J connectivity index is 1.57. The number of rotatable bonds is 7. The first-order valence-corrected chi connectivity index (χ1v) is 10.9. The Morgan fingerprint density at radius 2 is 1.97 bits per heavy atom. The smallest absolute Gasteiger partial charge is 0.336 e. The number of aromatic nitrogens is 5. The first-order chi connectivity index (χ1) is 14.5. The third-order valence-corrected chi connectivity index (χ3v) is 5.59. The molecule has 8 nitrogen and oxygen atoms in total. The second-order valence-electron chi connectivity index (χ2n) is 8.19. The number of nitrogen functional groups attached to an aromatic ring is 1. The fourth-order valence-corrected chi connectivity index (χ4v) is 4.11. The van der Waals surface area contributed by atoms with Gasteiger partial charge in [-0.15, -0.1) is 5.10 Å². The third kappa shape index (κ3) is 4.32. The maximum atomic E-state index is 6.11. The molecule has 4 rings (SSSR count). The summed E-state index contributed by atoms with van der Waals surface area (Å²) in [6.45, 7) is 8.46. The molecular formula is C22H31N7O. The Labute approximate surface area is 177 Å². The summed E-state index contributed by atoms with van der Waals surface area (Å²) in [7, 11) is 0. The van der Waals surface area contributed by atoms with Crippen LogP contribution in [0, 0.1) is 6.92 Å². The van der Waals surface area contributed by atoms with Crippen LogP contribution in [0.2, 0.25) is 0 Å². The number of aryl methyl sites for hydroxylation is 1. The van der Waals surface area contributed by atoms with Crippen molar-refractivity contribution in [2.75, 3.05) is 23.7 Å². The molecule has 8 heteroatoms. The molecular weight excluding hydrogens is 378 g/mol. The summed E-state index contributed by atoms with van der Waals surface area (Å²) >= 11 is 0. The van der Waals surface area contributed by atoms with Crippen molar-refractivity contribution >= 4 is 17.3 Å². The highest BCUT2D eigenvalue weighted by Gasteiger charge is 2.17. The Bertz CT molecular complexity index is 1010. The topological polar surface area (TPSA) is 94.5 Å². The average Bonchev–Trinajstić information content (AvgIpc) is 3.12. The number of imidazole rings is 1. The number of hydrogen-bond acceptors (Lipinski definition) is 7.